The number of hydrogen-bond donors (Lipinski definition) is 2. The molecule has 0 radical (unpaired) electrons. The zero-order valence-electron chi connectivity index (χ0n) is 20.5. The van der Waals surface area contributed by atoms with Crippen LogP contribution in [-0.4, -0.2) is 53.6 Å². The first kappa shape index (κ1) is 25.8. The Balaban J connectivity index is 1.36. The second-order valence-corrected chi connectivity index (χ2v) is 9.89. The lowest BCUT2D eigenvalue weighted by molar-refractivity contribution is -0.139. The summed E-state index contributed by atoms with van der Waals surface area (Å²) < 4.78 is 4.64. The SMILES string of the molecule is CCc1ccc(-c2ccccc2NC(=O)c2csc(C3CCN(C(=S)NCC(=O)OC)CC3)n2)cc1. The fraction of sp³-hybridized carbons (Fsp3) is 0.333. The first-order valence-corrected chi connectivity index (χ1v) is 13.3. The summed E-state index contributed by atoms with van der Waals surface area (Å²) in [6, 6.07) is 16.2. The smallest absolute Gasteiger partial charge is 0.325 e. The van der Waals surface area contributed by atoms with Gasteiger partial charge in [-0.15, -0.1) is 11.3 Å². The molecule has 2 N–H and O–H groups in total. The monoisotopic (exact) mass is 522 g/mol. The molecule has 3 aromatic rings. The molecule has 2 heterocycles. The molecule has 2 aromatic carbocycles. The molecule has 188 valence electrons. The van der Waals surface area contributed by atoms with Gasteiger partial charge in [0.1, 0.15) is 12.2 Å². The molecule has 0 unspecified atom stereocenters. The van der Waals surface area contributed by atoms with Crippen LogP contribution in [0.5, 0.6) is 0 Å². The summed E-state index contributed by atoms with van der Waals surface area (Å²) in [5.41, 5.74) is 4.52. The van der Waals surface area contributed by atoms with Crippen LogP contribution in [0.3, 0.4) is 0 Å². The Bertz CT molecular complexity index is 1220. The van der Waals surface area contributed by atoms with Crippen LogP contribution in [0.4, 0.5) is 5.69 Å². The van der Waals surface area contributed by atoms with Crippen molar-refractivity contribution < 1.29 is 14.3 Å². The van der Waals surface area contributed by atoms with Crippen LogP contribution < -0.4 is 10.6 Å². The zero-order valence-corrected chi connectivity index (χ0v) is 22.1. The highest BCUT2D eigenvalue weighted by molar-refractivity contribution is 7.80. The minimum absolute atomic E-state index is 0.0629. The number of likely N-dealkylation sites (tertiary alicyclic amines) is 1. The highest BCUT2D eigenvalue weighted by Gasteiger charge is 2.25. The topological polar surface area (TPSA) is 83.6 Å². The van der Waals surface area contributed by atoms with E-state index in [-0.39, 0.29) is 24.3 Å². The normalized spacial score (nSPS) is 13.8. The number of para-hydroxylation sites is 1. The molecular weight excluding hydrogens is 492 g/mol. The maximum absolute atomic E-state index is 13.0. The van der Waals surface area contributed by atoms with E-state index in [9.17, 15) is 9.59 Å². The number of carbonyl (C=O) groups is 2. The third-order valence-corrected chi connectivity index (χ3v) is 7.76. The minimum atomic E-state index is -0.349. The lowest BCUT2D eigenvalue weighted by Crippen LogP contribution is -2.45. The fourth-order valence-corrected chi connectivity index (χ4v) is 5.42. The number of aryl methyl sites for hydroxylation is 1. The predicted octanol–water partition coefficient (Wildman–Crippen LogP) is 4.85. The summed E-state index contributed by atoms with van der Waals surface area (Å²) in [6.45, 7) is 3.73. The maximum atomic E-state index is 13.0. The van der Waals surface area contributed by atoms with Crippen molar-refractivity contribution in [2.45, 2.75) is 32.1 Å². The van der Waals surface area contributed by atoms with Gasteiger partial charge in [0.2, 0.25) is 0 Å². The quantitative estimate of drug-likeness (QED) is 0.339. The van der Waals surface area contributed by atoms with Gasteiger partial charge in [0, 0.05) is 35.6 Å². The summed E-state index contributed by atoms with van der Waals surface area (Å²) >= 11 is 6.92. The van der Waals surface area contributed by atoms with Crippen LogP contribution in [0.1, 0.15) is 46.7 Å². The van der Waals surface area contributed by atoms with E-state index in [2.05, 4.69) is 56.4 Å². The second-order valence-electron chi connectivity index (χ2n) is 8.62. The highest BCUT2D eigenvalue weighted by atomic mass is 32.1. The standard InChI is InChI=1S/C27H30N4O3S2/c1-3-18-8-10-19(11-9-18)21-6-4-5-7-22(21)29-25(33)23-17-36-26(30-23)20-12-14-31(15-13-20)27(35)28-16-24(32)34-2/h4-11,17,20H,3,12-16H2,1-2H3,(H,28,35)(H,29,33). The van der Waals surface area contributed by atoms with E-state index in [1.807, 2.05) is 29.6 Å². The molecule has 7 nitrogen and oxygen atoms in total. The third-order valence-electron chi connectivity index (χ3n) is 6.35. The minimum Gasteiger partial charge on any atom is -0.468 e. The lowest BCUT2D eigenvalue weighted by atomic mass is 9.98. The van der Waals surface area contributed by atoms with E-state index in [0.29, 0.717) is 10.8 Å². The van der Waals surface area contributed by atoms with Crippen molar-refractivity contribution in [3.63, 3.8) is 0 Å². The van der Waals surface area contributed by atoms with E-state index in [1.54, 1.807) is 0 Å². The number of thiazole rings is 1. The van der Waals surface area contributed by atoms with Crippen LogP contribution in [0.25, 0.3) is 11.1 Å². The molecule has 1 fully saturated rings. The second kappa shape index (κ2) is 12.1. The predicted molar refractivity (Wildman–Crippen MR) is 147 cm³/mol. The number of hydrogen-bond acceptors (Lipinski definition) is 6. The van der Waals surface area contributed by atoms with Gasteiger partial charge in [-0.25, -0.2) is 4.98 Å². The number of thiocarbonyl (C=S) groups is 1. The van der Waals surface area contributed by atoms with Gasteiger partial charge in [0.25, 0.3) is 5.91 Å². The van der Waals surface area contributed by atoms with E-state index >= 15 is 0 Å². The molecule has 9 heteroatoms. The van der Waals surface area contributed by atoms with E-state index in [4.69, 9.17) is 12.2 Å². The van der Waals surface area contributed by atoms with Crippen LogP contribution >= 0.6 is 23.6 Å². The Kier molecular flexibility index (Phi) is 8.66. The number of amides is 1. The van der Waals surface area contributed by atoms with Crippen molar-refractivity contribution >= 4 is 46.2 Å². The van der Waals surface area contributed by atoms with Crippen molar-refractivity contribution in [2.75, 3.05) is 32.1 Å². The van der Waals surface area contributed by atoms with Crippen molar-refractivity contribution in [2.24, 2.45) is 0 Å². The molecular formula is C27H30N4O3S2. The number of rotatable bonds is 7. The lowest BCUT2D eigenvalue weighted by Gasteiger charge is -2.33. The van der Waals surface area contributed by atoms with Crippen molar-refractivity contribution in [1.29, 1.82) is 0 Å². The largest absolute Gasteiger partial charge is 0.468 e. The average molecular weight is 523 g/mol. The van der Waals surface area contributed by atoms with Crippen molar-refractivity contribution in [3.8, 4) is 11.1 Å². The van der Waals surface area contributed by atoms with Gasteiger partial charge in [-0.2, -0.15) is 0 Å². The molecule has 1 saturated heterocycles. The summed E-state index contributed by atoms with van der Waals surface area (Å²) in [7, 11) is 1.35. The molecule has 0 atom stereocenters. The Morgan fingerprint density at radius 3 is 2.56 bits per heavy atom. The number of aromatic nitrogens is 1. The molecule has 36 heavy (non-hydrogen) atoms. The van der Waals surface area contributed by atoms with Gasteiger partial charge < -0.3 is 20.3 Å². The number of benzene rings is 2. The highest BCUT2D eigenvalue weighted by Crippen LogP contribution is 2.32. The van der Waals surface area contributed by atoms with Gasteiger partial charge >= 0.3 is 5.97 Å². The van der Waals surface area contributed by atoms with E-state index < -0.39 is 0 Å². The number of piperidine rings is 1. The molecule has 1 aliphatic rings. The first-order chi connectivity index (χ1) is 17.5. The fourth-order valence-electron chi connectivity index (χ4n) is 4.19. The molecule has 4 rings (SSSR count). The molecule has 0 spiro atoms. The summed E-state index contributed by atoms with van der Waals surface area (Å²) in [5, 5.41) is 9.35. The van der Waals surface area contributed by atoms with Gasteiger partial charge in [0.15, 0.2) is 5.11 Å². The van der Waals surface area contributed by atoms with Crippen LogP contribution in [0.2, 0.25) is 0 Å². The number of ether oxygens (including phenoxy) is 1. The zero-order chi connectivity index (χ0) is 25.5. The summed E-state index contributed by atoms with van der Waals surface area (Å²) in [6.07, 6.45) is 2.75. The molecule has 0 aliphatic carbocycles. The number of esters is 1. The number of methoxy groups -OCH3 is 1. The molecule has 0 bridgehead atoms. The van der Waals surface area contributed by atoms with Crippen LogP contribution in [-0.2, 0) is 16.0 Å². The number of anilines is 1. The van der Waals surface area contributed by atoms with E-state index in [0.717, 1.165) is 54.2 Å². The Labute approximate surface area is 220 Å². The number of nitrogens with zero attached hydrogens (tertiary/aromatic N) is 2. The Morgan fingerprint density at radius 1 is 1.14 bits per heavy atom. The maximum Gasteiger partial charge on any atom is 0.325 e. The molecule has 1 aromatic heterocycles. The molecule has 0 saturated carbocycles. The average Bonchev–Trinajstić information content (AvgIpc) is 3.42. The Morgan fingerprint density at radius 2 is 1.86 bits per heavy atom. The Hall–Kier alpha value is -3.30. The van der Waals surface area contributed by atoms with Crippen molar-refractivity contribution in [3.05, 3.63) is 70.2 Å². The number of nitrogens with one attached hydrogen (secondary N) is 2. The number of carbonyl (C=O) groups excluding carboxylic acids is 2. The third kappa shape index (κ3) is 6.27. The van der Waals surface area contributed by atoms with Crippen LogP contribution in [0.15, 0.2) is 53.9 Å². The van der Waals surface area contributed by atoms with Gasteiger partial charge in [-0.05, 0) is 48.7 Å². The van der Waals surface area contributed by atoms with Crippen molar-refractivity contribution in [1.82, 2.24) is 15.2 Å². The van der Waals surface area contributed by atoms with E-state index in [1.165, 1.54) is 24.0 Å². The summed E-state index contributed by atoms with van der Waals surface area (Å²) in [5.74, 6) is -0.279. The van der Waals surface area contributed by atoms with Gasteiger partial charge in [-0.3, -0.25) is 9.59 Å². The summed E-state index contributed by atoms with van der Waals surface area (Å²) in [4.78, 5) is 31.1. The molecule has 1 amide bonds. The molecule has 1 aliphatic heterocycles. The van der Waals surface area contributed by atoms with Gasteiger partial charge in [0.05, 0.1) is 12.1 Å². The van der Waals surface area contributed by atoms with Gasteiger partial charge in [-0.1, -0.05) is 49.4 Å². The van der Waals surface area contributed by atoms with Crippen LogP contribution in [0, 0.1) is 0 Å². The first-order valence-electron chi connectivity index (χ1n) is 12.0.